The van der Waals surface area contributed by atoms with Crippen LogP contribution in [-0.2, 0) is 0 Å². The molecule has 0 radical (unpaired) electrons. The zero-order chi connectivity index (χ0) is 18.2. The van der Waals surface area contributed by atoms with Gasteiger partial charge in [0, 0.05) is 38.0 Å². The van der Waals surface area contributed by atoms with Gasteiger partial charge in [0.05, 0.1) is 12.1 Å². The third-order valence-corrected chi connectivity index (χ3v) is 3.61. The van der Waals surface area contributed by atoms with E-state index in [0.717, 1.165) is 5.69 Å². The number of rotatable bonds is 4. The van der Waals surface area contributed by atoms with E-state index in [2.05, 4.69) is 22.5 Å². The van der Waals surface area contributed by atoms with Crippen LogP contribution in [0.15, 0.2) is 48.5 Å². The first-order valence-corrected chi connectivity index (χ1v) is 7.88. The summed E-state index contributed by atoms with van der Waals surface area (Å²) in [6.45, 7) is 0.205. The highest BCUT2D eigenvalue weighted by molar-refractivity contribution is 5.96. The van der Waals surface area contributed by atoms with Crippen molar-refractivity contribution in [1.82, 2.24) is 10.6 Å². The van der Waals surface area contributed by atoms with Crippen molar-refractivity contribution in [3.8, 4) is 11.8 Å². The smallest absolute Gasteiger partial charge is 0.252 e. The summed E-state index contributed by atoms with van der Waals surface area (Å²) in [5.74, 6) is 5.44. The molecular weight excluding hydrogens is 314 g/mol. The molecule has 128 valence electrons. The summed E-state index contributed by atoms with van der Waals surface area (Å²) >= 11 is 0. The van der Waals surface area contributed by atoms with Gasteiger partial charge in [0.2, 0.25) is 0 Å². The van der Waals surface area contributed by atoms with Gasteiger partial charge < -0.3 is 15.5 Å². The molecule has 0 spiro atoms. The Morgan fingerprint density at radius 1 is 1.00 bits per heavy atom. The van der Waals surface area contributed by atoms with Crippen LogP contribution in [0.1, 0.15) is 26.3 Å². The Hall–Kier alpha value is -3.26. The molecule has 0 atom stereocenters. The second-order valence-corrected chi connectivity index (χ2v) is 5.55. The largest absolute Gasteiger partial charge is 0.378 e. The van der Waals surface area contributed by atoms with Gasteiger partial charge in [0.1, 0.15) is 0 Å². The summed E-state index contributed by atoms with van der Waals surface area (Å²) in [6, 6.07) is 14.4. The van der Waals surface area contributed by atoms with Gasteiger partial charge >= 0.3 is 0 Å². The van der Waals surface area contributed by atoms with Crippen LogP contribution >= 0.6 is 0 Å². The van der Waals surface area contributed by atoms with E-state index in [0.29, 0.717) is 16.7 Å². The molecule has 25 heavy (non-hydrogen) atoms. The molecule has 2 rings (SSSR count). The number of hydrogen-bond acceptors (Lipinski definition) is 3. The molecule has 5 nitrogen and oxygen atoms in total. The first-order chi connectivity index (χ1) is 12.0. The topological polar surface area (TPSA) is 61.4 Å². The predicted octanol–water partition coefficient (Wildman–Crippen LogP) is 1.89. The SMILES string of the molecule is CNC(=O)c1ccccc1C#CCNC(=O)c1ccc(N(C)C)cc1. The lowest BCUT2D eigenvalue weighted by Gasteiger charge is -2.12. The van der Waals surface area contributed by atoms with Crippen molar-refractivity contribution in [2.45, 2.75) is 0 Å². The highest BCUT2D eigenvalue weighted by atomic mass is 16.2. The molecule has 2 amide bonds. The molecular formula is C20H21N3O2. The maximum absolute atomic E-state index is 12.1. The van der Waals surface area contributed by atoms with Gasteiger partial charge in [-0.15, -0.1) is 0 Å². The van der Waals surface area contributed by atoms with Crippen LogP contribution in [0, 0.1) is 11.8 Å². The van der Waals surface area contributed by atoms with E-state index in [9.17, 15) is 9.59 Å². The lowest BCUT2D eigenvalue weighted by molar-refractivity contribution is 0.0952. The van der Waals surface area contributed by atoms with Crippen LogP contribution in [0.25, 0.3) is 0 Å². The Bertz CT molecular complexity index is 815. The number of carbonyl (C=O) groups is 2. The van der Waals surface area contributed by atoms with E-state index in [4.69, 9.17) is 0 Å². The predicted molar refractivity (Wildman–Crippen MR) is 99.8 cm³/mol. The number of nitrogens with one attached hydrogen (secondary N) is 2. The molecule has 0 aliphatic carbocycles. The molecule has 2 aromatic carbocycles. The van der Waals surface area contributed by atoms with E-state index >= 15 is 0 Å². The molecule has 0 fully saturated rings. The lowest BCUT2D eigenvalue weighted by Crippen LogP contribution is -2.23. The molecule has 5 heteroatoms. The minimum atomic E-state index is -0.185. The van der Waals surface area contributed by atoms with Gasteiger partial charge in [-0.25, -0.2) is 0 Å². The summed E-state index contributed by atoms with van der Waals surface area (Å²) in [5, 5.41) is 5.34. The monoisotopic (exact) mass is 335 g/mol. The fraction of sp³-hybridized carbons (Fsp3) is 0.200. The Kier molecular flexibility index (Phi) is 6.19. The number of hydrogen-bond donors (Lipinski definition) is 2. The van der Waals surface area contributed by atoms with Crippen LogP contribution in [-0.4, -0.2) is 39.5 Å². The summed E-state index contributed by atoms with van der Waals surface area (Å²) in [6.07, 6.45) is 0. The highest BCUT2D eigenvalue weighted by Gasteiger charge is 2.07. The highest BCUT2D eigenvalue weighted by Crippen LogP contribution is 2.12. The Balaban J connectivity index is 1.99. The van der Waals surface area contributed by atoms with Crippen molar-refractivity contribution >= 4 is 17.5 Å². The Morgan fingerprint density at radius 3 is 2.32 bits per heavy atom. The number of nitrogens with zero attached hydrogens (tertiary/aromatic N) is 1. The summed E-state index contributed by atoms with van der Waals surface area (Å²) in [7, 11) is 5.47. The molecule has 0 bridgehead atoms. The maximum atomic E-state index is 12.1. The van der Waals surface area contributed by atoms with Gasteiger partial charge in [-0.2, -0.15) is 0 Å². The zero-order valence-corrected chi connectivity index (χ0v) is 14.6. The quantitative estimate of drug-likeness (QED) is 0.839. The summed E-state index contributed by atoms with van der Waals surface area (Å²) in [4.78, 5) is 25.9. The number of carbonyl (C=O) groups excluding carboxylic acids is 2. The first-order valence-electron chi connectivity index (χ1n) is 7.88. The lowest BCUT2D eigenvalue weighted by atomic mass is 10.1. The van der Waals surface area contributed by atoms with E-state index < -0.39 is 0 Å². The van der Waals surface area contributed by atoms with E-state index in [1.54, 1.807) is 37.4 Å². The average Bonchev–Trinajstić information content (AvgIpc) is 2.64. The van der Waals surface area contributed by atoms with Crippen LogP contribution in [0.2, 0.25) is 0 Å². The standard InChI is InChI=1S/C20H21N3O2/c1-21-20(25)18-9-5-4-7-15(18)8-6-14-22-19(24)16-10-12-17(13-11-16)23(2)3/h4-5,7,9-13H,14H2,1-3H3,(H,21,25)(H,22,24). The molecule has 0 saturated carbocycles. The van der Waals surface area contributed by atoms with Crippen LogP contribution < -0.4 is 15.5 Å². The van der Waals surface area contributed by atoms with Crippen molar-refractivity contribution in [3.63, 3.8) is 0 Å². The molecule has 0 saturated heterocycles. The van der Waals surface area contributed by atoms with Crippen LogP contribution in [0.4, 0.5) is 5.69 Å². The fourth-order valence-electron chi connectivity index (χ4n) is 2.20. The van der Waals surface area contributed by atoms with Gasteiger partial charge in [0.15, 0.2) is 0 Å². The van der Waals surface area contributed by atoms with E-state index in [-0.39, 0.29) is 18.4 Å². The van der Waals surface area contributed by atoms with Gasteiger partial charge in [0.25, 0.3) is 11.8 Å². The van der Waals surface area contributed by atoms with Crippen molar-refractivity contribution in [2.24, 2.45) is 0 Å². The van der Waals surface area contributed by atoms with Crippen molar-refractivity contribution in [2.75, 3.05) is 32.6 Å². The number of anilines is 1. The van der Waals surface area contributed by atoms with Crippen molar-refractivity contribution < 1.29 is 9.59 Å². The summed E-state index contributed by atoms with van der Waals surface area (Å²) in [5.41, 5.74) is 2.76. The third-order valence-electron chi connectivity index (χ3n) is 3.61. The van der Waals surface area contributed by atoms with Crippen LogP contribution in [0.3, 0.4) is 0 Å². The maximum Gasteiger partial charge on any atom is 0.252 e. The molecule has 0 aromatic heterocycles. The molecule has 0 heterocycles. The van der Waals surface area contributed by atoms with Crippen LogP contribution in [0.5, 0.6) is 0 Å². The first kappa shape index (κ1) is 18.1. The van der Waals surface area contributed by atoms with E-state index in [1.807, 2.05) is 37.2 Å². The van der Waals surface area contributed by atoms with Crippen molar-refractivity contribution in [1.29, 1.82) is 0 Å². The normalized spacial score (nSPS) is 9.56. The minimum absolute atomic E-state index is 0.181. The minimum Gasteiger partial charge on any atom is -0.378 e. The molecule has 0 unspecified atom stereocenters. The zero-order valence-electron chi connectivity index (χ0n) is 14.6. The second kappa shape index (κ2) is 8.55. The molecule has 2 N–H and O–H groups in total. The fourth-order valence-corrected chi connectivity index (χ4v) is 2.20. The van der Waals surface area contributed by atoms with Crippen molar-refractivity contribution in [3.05, 3.63) is 65.2 Å². The Morgan fingerprint density at radius 2 is 1.68 bits per heavy atom. The van der Waals surface area contributed by atoms with Gasteiger partial charge in [-0.05, 0) is 36.4 Å². The van der Waals surface area contributed by atoms with E-state index in [1.165, 1.54) is 0 Å². The third kappa shape index (κ3) is 4.85. The average molecular weight is 335 g/mol. The molecule has 0 aliphatic rings. The van der Waals surface area contributed by atoms with Gasteiger partial charge in [-0.1, -0.05) is 24.0 Å². The number of benzene rings is 2. The molecule has 2 aromatic rings. The molecule has 0 aliphatic heterocycles. The Labute approximate surface area is 148 Å². The number of amides is 2. The second-order valence-electron chi connectivity index (χ2n) is 5.55. The van der Waals surface area contributed by atoms with Gasteiger partial charge in [-0.3, -0.25) is 9.59 Å². The summed E-state index contributed by atoms with van der Waals surface area (Å²) < 4.78 is 0.